The van der Waals surface area contributed by atoms with Gasteiger partial charge in [-0.2, -0.15) is 11.8 Å². The predicted octanol–water partition coefficient (Wildman–Crippen LogP) is 6.80. The molecule has 1 unspecified atom stereocenters. The molecule has 0 amide bonds. The number of hydrogen-bond acceptors (Lipinski definition) is 4. The van der Waals surface area contributed by atoms with Crippen LogP contribution in [0.2, 0.25) is 5.02 Å². The molecule has 0 N–H and O–H groups in total. The molecule has 0 radical (unpaired) electrons. The summed E-state index contributed by atoms with van der Waals surface area (Å²) < 4.78 is 5.81. The van der Waals surface area contributed by atoms with E-state index in [4.69, 9.17) is 21.2 Å². The number of oxime groups is 1. The van der Waals surface area contributed by atoms with Gasteiger partial charge in [0.25, 0.3) is 0 Å². The zero-order chi connectivity index (χ0) is 19.8. The first kappa shape index (κ1) is 20.3. The Kier molecular flexibility index (Phi) is 7.40. The summed E-state index contributed by atoms with van der Waals surface area (Å²) in [7, 11) is 0. The van der Waals surface area contributed by atoms with Crippen LogP contribution in [0.15, 0.2) is 84.0 Å². The maximum Gasteiger partial charge on any atom is 0.142 e. The fourth-order valence-corrected chi connectivity index (χ4v) is 3.08. The molecule has 0 aliphatic carbocycles. The van der Waals surface area contributed by atoms with Gasteiger partial charge >= 0.3 is 0 Å². The highest BCUT2D eigenvalue weighted by molar-refractivity contribution is 7.99. The molecular weight excluding hydrogens is 390 g/mol. The molecule has 1 atom stereocenters. The zero-order valence-electron chi connectivity index (χ0n) is 15.8. The average molecular weight is 412 g/mol. The van der Waals surface area contributed by atoms with Gasteiger partial charge in [0.1, 0.15) is 18.1 Å². The molecule has 0 saturated carbocycles. The second-order valence-corrected chi connectivity index (χ2v) is 7.81. The van der Waals surface area contributed by atoms with Gasteiger partial charge in [-0.3, -0.25) is 0 Å². The molecule has 5 heteroatoms. The molecule has 0 saturated heterocycles. The van der Waals surface area contributed by atoms with Gasteiger partial charge in [-0.05, 0) is 55.1 Å². The fourth-order valence-electron chi connectivity index (χ4n) is 2.55. The quantitative estimate of drug-likeness (QED) is 0.301. The van der Waals surface area contributed by atoms with Gasteiger partial charge in [0.15, 0.2) is 0 Å². The van der Waals surface area contributed by atoms with Crippen LogP contribution in [-0.2, 0) is 11.4 Å². The molecule has 0 aliphatic rings. The van der Waals surface area contributed by atoms with E-state index in [2.05, 4.69) is 18.3 Å². The zero-order valence-corrected chi connectivity index (χ0v) is 17.4. The van der Waals surface area contributed by atoms with Crippen LogP contribution in [-0.4, -0.2) is 17.2 Å². The molecule has 3 aromatic carbocycles. The summed E-state index contributed by atoms with van der Waals surface area (Å²) in [4.78, 5) is 5.65. The second kappa shape index (κ2) is 10.2. The van der Waals surface area contributed by atoms with Crippen LogP contribution < -0.4 is 4.74 Å². The van der Waals surface area contributed by atoms with Gasteiger partial charge < -0.3 is 9.57 Å². The third-order valence-electron chi connectivity index (χ3n) is 4.17. The smallest absolute Gasteiger partial charge is 0.142 e. The van der Waals surface area contributed by atoms with E-state index in [0.717, 1.165) is 28.3 Å². The molecule has 0 aliphatic heterocycles. The molecule has 0 bridgehead atoms. The predicted molar refractivity (Wildman–Crippen MR) is 119 cm³/mol. The van der Waals surface area contributed by atoms with E-state index in [1.807, 2.05) is 78.9 Å². The molecule has 0 aromatic heterocycles. The van der Waals surface area contributed by atoms with Crippen LogP contribution in [0.5, 0.6) is 11.5 Å². The lowest BCUT2D eigenvalue weighted by Crippen LogP contribution is -2.15. The number of thioether (sulfide) groups is 1. The molecule has 3 rings (SSSR count). The summed E-state index contributed by atoms with van der Waals surface area (Å²) in [6.45, 7) is 2.50. The van der Waals surface area contributed by atoms with Crippen LogP contribution in [0.3, 0.4) is 0 Å². The SMILES string of the molecule is CSC(C)/C(=N\OCc1ccc(Oc2ccccc2)cc1)c1ccc(Cl)cc1. The summed E-state index contributed by atoms with van der Waals surface area (Å²) >= 11 is 7.71. The Labute approximate surface area is 175 Å². The van der Waals surface area contributed by atoms with Gasteiger partial charge in [-0.25, -0.2) is 0 Å². The lowest BCUT2D eigenvalue weighted by atomic mass is 10.1. The Morgan fingerprint density at radius 3 is 2.21 bits per heavy atom. The number of nitrogens with zero attached hydrogens (tertiary/aromatic N) is 1. The highest BCUT2D eigenvalue weighted by atomic mass is 35.5. The third kappa shape index (κ3) is 5.78. The minimum atomic E-state index is 0.211. The lowest BCUT2D eigenvalue weighted by molar-refractivity contribution is 0.130. The number of halogens is 1. The first-order chi connectivity index (χ1) is 13.7. The standard InChI is InChI=1S/C23H22ClNO2S/c1-17(28-2)23(19-10-12-20(24)13-11-19)25-26-16-18-8-14-22(15-9-18)27-21-6-4-3-5-7-21/h3-15,17H,16H2,1-2H3/b25-23+. The van der Waals surface area contributed by atoms with Crippen molar-refractivity contribution in [3.05, 3.63) is 95.0 Å². The van der Waals surface area contributed by atoms with Crippen molar-refractivity contribution in [2.75, 3.05) is 6.26 Å². The first-order valence-electron chi connectivity index (χ1n) is 8.96. The summed E-state index contributed by atoms with van der Waals surface area (Å²) in [5.41, 5.74) is 2.93. The summed E-state index contributed by atoms with van der Waals surface area (Å²) in [6, 6.07) is 25.2. The Hall–Kier alpha value is -2.43. The normalized spacial score (nSPS) is 12.5. The van der Waals surface area contributed by atoms with Crippen LogP contribution in [0.25, 0.3) is 0 Å². The van der Waals surface area contributed by atoms with Gasteiger partial charge in [0.05, 0.1) is 5.71 Å². The van der Waals surface area contributed by atoms with Crippen LogP contribution in [0.4, 0.5) is 0 Å². The molecule has 3 nitrogen and oxygen atoms in total. The van der Waals surface area contributed by atoms with Crippen molar-refractivity contribution in [1.29, 1.82) is 0 Å². The molecule has 144 valence electrons. The highest BCUT2D eigenvalue weighted by Crippen LogP contribution is 2.22. The Morgan fingerprint density at radius 2 is 1.57 bits per heavy atom. The van der Waals surface area contributed by atoms with E-state index in [1.54, 1.807) is 11.8 Å². The van der Waals surface area contributed by atoms with Crippen molar-refractivity contribution in [2.45, 2.75) is 18.8 Å². The van der Waals surface area contributed by atoms with Crippen molar-refractivity contribution < 1.29 is 9.57 Å². The highest BCUT2D eigenvalue weighted by Gasteiger charge is 2.13. The van der Waals surface area contributed by atoms with Crippen molar-refractivity contribution in [2.24, 2.45) is 5.16 Å². The second-order valence-electron chi connectivity index (χ2n) is 6.19. The summed E-state index contributed by atoms with van der Waals surface area (Å²) in [6.07, 6.45) is 2.06. The average Bonchev–Trinajstić information content (AvgIpc) is 2.73. The number of rotatable bonds is 8. The van der Waals surface area contributed by atoms with Gasteiger partial charge in [0.2, 0.25) is 0 Å². The minimum Gasteiger partial charge on any atom is -0.457 e. The molecule has 3 aromatic rings. The Morgan fingerprint density at radius 1 is 0.929 bits per heavy atom. The maximum atomic E-state index is 5.99. The maximum absolute atomic E-state index is 5.99. The van der Waals surface area contributed by atoms with Crippen LogP contribution in [0.1, 0.15) is 18.1 Å². The van der Waals surface area contributed by atoms with E-state index in [9.17, 15) is 0 Å². The molecule has 0 heterocycles. The van der Waals surface area contributed by atoms with Gasteiger partial charge in [0, 0.05) is 15.8 Å². The first-order valence-corrected chi connectivity index (χ1v) is 10.6. The fraction of sp³-hybridized carbons (Fsp3) is 0.174. The molecular formula is C23H22ClNO2S. The van der Waals surface area contributed by atoms with Crippen molar-refractivity contribution in [1.82, 2.24) is 0 Å². The van der Waals surface area contributed by atoms with E-state index in [0.29, 0.717) is 11.6 Å². The molecule has 0 fully saturated rings. The molecule has 0 spiro atoms. The van der Waals surface area contributed by atoms with Crippen LogP contribution >= 0.6 is 23.4 Å². The van der Waals surface area contributed by atoms with E-state index < -0.39 is 0 Å². The molecule has 28 heavy (non-hydrogen) atoms. The van der Waals surface area contributed by atoms with E-state index in [1.165, 1.54) is 0 Å². The lowest BCUT2D eigenvalue weighted by Gasteiger charge is -2.13. The summed E-state index contributed by atoms with van der Waals surface area (Å²) in [5.74, 6) is 1.60. The van der Waals surface area contributed by atoms with Gasteiger partial charge in [-0.15, -0.1) is 0 Å². The van der Waals surface area contributed by atoms with E-state index in [-0.39, 0.29) is 5.25 Å². The van der Waals surface area contributed by atoms with Crippen molar-refractivity contribution in [3.63, 3.8) is 0 Å². The number of benzene rings is 3. The van der Waals surface area contributed by atoms with E-state index >= 15 is 0 Å². The van der Waals surface area contributed by atoms with Crippen molar-refractivity contribution >= 4 is 29.1 Å². The third-order valence-corrected chi connectivity index (χ3v) is 5.36. The van der Waals surface area contributed by atoms with Crippen LogP contribution in [0, 0.1) is 0 Å². The summed E-state index contributed by atoms with van der Waals surface area (Å²) in [5, 5.41) is 5.32. The largest absolute Gasteiger partial charge is 0.457 e. The minimum absolute atomic E-state index is 0.211. The topological polar surface area (TPSA) is 30.8 Å². The number of hydrogen-bond donors (Lipinski definition) is 0. The van der Waals surface area contributed by atoms with Gasteiger partial charge in [-0.1, -0.05) is 59.2 Å². The monoisotopic (exact) mass is 411 g/mol. The number of para-hydroxylation sites is 1. The Balaban J connectivity index is 1.63. The Bertz CT molecular complexity index is 896. The van der Waals surface area contributed by atoms with Crippen molar-refractivity contribution in [3.8, 4) is 11.5 Å². The number of ether oxygens (including phenoxy) is 1.